The summed E-state index contributed by atoms with van der Waals surface area (Å²) in [6.07, 6.45) is 14.3. The van der Waals surface area contributed by atoms with E-state index < -0.39 is 0 Å². The highest BCUT2D eigenvalue weighted by atomic mass is 32.1. The minimum atomic E-state index is -0.362. The van der Waals surface area contributed by atoms with Gasteiger partial charge in [0, 0.05) is 40.4 Å². The average Bonchev–Trinajstić information content (AvgIpc) is 4.05. The lowest BCUT2D eigenvalue weighted by Gasteiger charge is -2.41. The maximum absolute atomic E-state index is 9.32. The summed E-state index contributed by atoms with van der Waals surface area (Å²) < 4.78 is 17.1. The normalized spacial score (nSPS) is 17.5. The Kier molecular flexibility index (Phi) is 8.24. The number of nitrogens with zero attached hydrogens (tertiary/aromatic N) is 4. The van der Waals surface area contributed by atoms with Crippen LogP contribution in [0.4, 0.5) is 0 Å². The van der Waals surface area contributed by atoms with Crippen LogP contribution in [0.1, 0.15) is 85.1 Å². The minimum Gasteiger partial charge on any atom is -0.479 e. The van der Waals surface area contributed by atoms with Crippen molar-refractivity contribution in [3.8, 4) is 68.7 Å². The van der Waals surface area contributed by atoms with E-state index in [2.05, 4.69) is 29.1 Å². The number of hydrogen-bond acceptors (Lipinski definition) is 11. The van der Waals surface area contributed by atoms with Crippen LogP contribution in [-0.2, 0) is 11.2 Å². The van der Waals surface area contributed by atoms with Gasteiger partial charge in [0.2, 0.25) is 0 Å². The molecule has 10 rings (SSSR count). The third kappa shape index (κ3) is 5.28. The standard InChI is InChI=1S/C42H28N4O2S6/c1-46-24(22-45)17-26-9-11-30(50-26)32-19-28-36(52-32)38-34(48-42(28)14-6-3-7-15-42)40-39(54-38)33-37(53-40)35-27(41(47-33)12-4-2-5-13-41)18-31(51-35)29-10-8-25(49-29)16-23(20-43)21-44/h8-11,16-19H,2-7,12-15H2/b24-17+. The Morgan fingerprint density at radius 3 is 1.52 bits per heavy atom. The predicted molar refractivity (Wildman–Crippen MR) is 223 cm³/mol. The zero-order valence-electron chi connectivity index (χ0n) is 28.7. The molecule has 6 nitrogen and oxygen atoms in total. The smallest absolute Gasteiger partial charge is 0.263 e. The van der Waals surface area contributed by atoms with Crippen molar-refractivity contribution in [3.05, 3.63) is 80.0 Å². The van der Waals surface area contributed by atoms with E-state index in [1.807, 2.05) is 75.7 Å². The molecule has 0 radical (unpaired) electrons. The van der Waals surface area contributed by atoms with Crippen LogP contribution in [0.3, 0.4) is 0 Å². The predicted octanol–water partition coefficient (Wildman–Crippen LogP) is 14.2. The van der Waals surface area contributed by atoms with Gasteiger partial charge in [-0.25, -0.2) is 10.1 Å². The zero-order valence-corrected chi connectivity index (χ0v) is 33.6. The SMILES string of the molecule is [C-]#[N+]/C(C#N)=C/c1ccc(-c2cc3c(s2)-c2sc4c5c(sc4c2OC32CCCCC2)-c2sc(-c3ccc(C=C(C#N)C#N)s3)cc2C2(CCCCC2)O5)s1. The average molecular weight is 813 g/mol. The molecule has 0 saturated heterocycles. The maximum atomic E-state index is 9.32. The molecule has 0 atom stereocenters. The van der Waals surface area contributed by atoms with Gasteiger partial charge in [0.15, 0.2) is 11.5 Å². The van der Waals surface area contributed by atoms with Crippen LogP contribution < -0.4 is 9.47 Å². The fourth-order valence-corrected chi connectivity index (χ4v) is 15.9. The number of allylic oxidation sites excluding steroid dienone is 2. The number of nitriles is 3. The molecule has 6 aromatic rings. The second kappa shape index (κ2) is 13.1. The van der Waals surface area contributed by atoms with E-state index in [1.165, 1.54) is 62.6 Å². The van der Waals surface area contributed by atoms with Gasteiger partial charge in [0.05, 0.1) is 41.5 Å². The van der Waals surface area contributed by atoms with E-state index in [4.69, 9.17) is 16.0 Å². The van der Waals surface area contributed by atoms with Crippen molar-refractivity contribution >= 4 is 89.6 Å². The molecule has 6 aromatic heterocycles. The summed E-state index contributed by atoms with van der Waals surface area (Å²) in [4.78, 5) is 14.8. The first kappa shape index (κ1) is 34.0. The molecule has 2 saturated carbocycles. The lowest BCUT2D eigenvalue weighted by Crippen LogP contribution is -2.37. The van der Waals surface area contributed by atoms with Gasteiger partial charge in [0.1, 0.15) is 28.9 Å². The van der Waals surface area contributed by atoms with Crippen LogP contribution in [0.2, 0.25) is 0 Å². The molecule has 54 heavy (non-hydrogen) atoms. The summed E-state index contributed by atoms with van der Waals surface area (Å²) >= 11 is 10.5. The molecular weight excluding hydrogens is 785 g/mol. The fourth-order valence-electron chi connectivity index (χ4n) is 8.49. The van der Waals surface area contributed by atoms with Gasteiger partial charge >= 0.3 is 0 Å². The number of hydrogen-bond donors (Lipinski definition) is 0. The number of ether oxygens (including phenoxy) is 2. The Balaban J connectivity index is 1.11. The Morgan fingerprint density at radius 2 is 1.07 bits per heavy atom. The second-order valence-electron chi connectivity index (χ2n) is 14.1. The summed E-state index contributed by atoms with van der Waals surface area (Å²) in [6, 6.07) is 18.9. The Bertz CT molecular complexity index is 2540. The number of thiophene rings is 6. The summed E-state index contributed by atoms with van der Waals surface area (Å²) in [5.74, 6) is 2.03. The third-order valence-electron chi connectivity index (χ3n) is 11.0. The van der Waals surface area contributed by atoms with Gasteiger partial charge < -0.3 is 9.47 Å². The van der Waals surface area contributed by atoms with Gasteiger partial charge in [-0.3, -0.25) is 0 Å². The van der Waals surface area contributed by atoms with Crippen molar-refractivity contribution in [1.82, 2.24) is 0 Å². The molecule has 0 N–H and O–H groups in total. The van der Waals surface area contributed by atoms with Crippen molar-refractivity contribution in [2.24, 2.45) is 0 Å². The van der Waals surface area contributed by atoms with Crippen molar-refractivity contribution in [3.63, 3.8) is 0 Å². The monoisotopic (exact) mass is 812 g/mol. The largest absolute Gasteiger partial charge is 0.479 e. The summed E-state index contributed by atoms with van der Waals surface area (Å²) in [6.45, 7) is 7.30. The van der Waals surface area contributed by atoms with Gasteiger partial charge in [-0.2, -0.15) is 10.5 Å². The number of fused-ring (bicyclic) bond motifs is 11. The van der Waals surface area contributed by atoms with Gasteiger partial charge in [0.25, 0.3) is 5.70 Å². The van der Waals surface area contributed by atoms with Crippen molar-refractivity contribution in [2.45, 2.75) is 75.4 Å². The first-order valence-corrected chi connectivity index (χ1v) is 22.8. The molecule has 2 fully saturated rings. The minimum absolute atomic E-state index is 0.0957. The van der Waals surface area contributed by atoms with Crippen molar-refractivity contribution in [2.75, 3.05) is 0 Å². The molecule has 2 spiro atoms. The lowest BCUT2D eigenvalue weighted by atomic mass is 9.78. The van der Waals surface area contributed by atoms with Crippen LogP contribution in [0, 0.1) is 40.6 Å². The molecule has 0 amide bonds. The van der Waals surface area contributed by atoms with E-state index in [0.29, 0.717) is 0 Å². The maximum Gasteiger partial charge on any atom is 0.263 e. The molecule has 0 aromatic carbocycles. The van der Waals surface area contributed by atoms with Gasteiger partial charge in [-0.05, 0) is 99.9 Å². The zero-order chi connectivity index (χ0) is 36.6. The van der Waals surface area contributed by atoms with E-state index in [9.17, 15) is 15.8 Å². The van der Waals surface area contributed by atoms with Crippen LogP contribution in [0.25, 0.3) is 65.4 Å². The lowest BCUT2D eigenvalue weighted by molar-refractivity contribution is 0.0258. The Hall–Kier alpha value is -4.50. The van der Waals surface area contributed by atoms with E-state index >= 15 is 0 Å². The Labute approximate surface area is 336 Å². The van der Waals surface area contributed by atoms with Crippen molar-refractivity contribution < 1.29 is 9.47 Å². The van der Waals surface area contributed by atoms with E-state index in [-0.39, 0.29) is 22.5 Å². The Morgan fingerprint density at radius 1 is 0.593 bits per heavy atom. The molecular formula is C42H28N4O2S6. The first-order chi connectivity index (χ1) is 26.4. The van der Waals surface area contributed by atoms with Gasteiger partial charge in [-0.1, -0.05) is 12.8 Å². The third-order valence-corrected chi connectivity index (χ3v) is 18.5. The summed E-state index contributed by atoms with van der Waals surface area (Å²) in [5, 5.41) is 27.9. The highest BCUT2D eigenvalue weighted by Crippen LogP contribution is 2.67. The van der Waals surface area contributed by atoms with Crippen LogP contribution in [-0.4, -0.2) is 0 Å². The molecule has 12 heteroatoms. The van der Waals surface area contributed by atoms with Gasteiger partial charge in [-0.15, -0.1) is 68.0 Å². The van der Waals surface area contributed by atoms with E-state index in [0.717, 1.165) is 82.4 Å². The highest BCUT2D eigenvalue weighted by molar-refractivity contribution is 7.35. The summed E-state index contributed by atoms with van der Waals surface area (Å²) in [5.41, 5.74) is 2.09. The summed E-state index contributed by atoms with van der Waals surface area (Å²) in [7, 11) is 0. The topological polar surface area (TPSA) is 94.2 Å². The fraction of sp³-hybridized carbons (Fsp3) is 0.286. The molecule has 0 unspecified atom stereocenters. The quantitative estimate of drug-likeness (QED) is 0.130. The molecule has 2 aliphatic heterocycles. The molecule has 8 heterocycles. The molecule has 264 valence electrons. The van der Waals surface area contributed by atoms with Crippen LogP contribution >= 0.6 is 68.0 Å². The highest BCUT2D eigenvalue weighted by Gasteiger charge is 2.48. The van der Waals surface area contributed by atoms with Crippen LogP contribution in [0.15, 0.2) is 47.7 Å². The second-order valence-corrected chi connectivity index (χ2v) is 20.5. The van der Waals surface area contributed by atoms with Crippen molar-refractivity contribution in [1.29, 1.82) is 15.8 Å². The number of rotatable bonds is 4. The first-order valence-electron chi connectivity index (χ1n) is 17.9. The molecule has 0 bridgehead atoms. The molecule has 4 aliphatic rings. The van der Waals surface area contributed by atoms with E-state index in [1.54, 1.807) is 34.8 Å². The molecule has 2 aliphatic carbocycles. The van der Waals surface area contributed by atoms with Crippen LogP contribution in [0.5, 0.6) is 11.5 Å².